The maximum absolute atomic E-state index is 12.6. The van der Waals surface area contributed by atoms with Crippen molar-refractivity contribution >= 4 is 34.6 Å². The largest absolute Gasteiger partial charge is 0.372 e. The van der Waals surface area contributed by atoms with E-state index in [1.807, 2.05) is 24.3 Å². The van der Waals surface area contributed by atoms with Crippen LogP contribution in [0.4, 0.5) is 22.7 Å². The van der Waals surface area contributed by atoms with E-state index in [0.29, 0.717) is 12.2 Å². The molecule has 2 amide bonds. The number of carbonyl (C=O) groups is 2. The maximum atomic E-state index is 12.6. The Morgan fingerprint density at radius 1 is 1.00 bits per heavy atom. The summed E-state index contributed by atoms with van der Waals surface area (Å²) in [6, 6.07) is 13.6. The number of hydrogen-bond donors (Lipinski definition) is 1. The first-order chi connectivity index (χ1) is 14.0. The van der Waals surface area contributed by atoms with Crippen LogP contribution in [-0.2, 0) is 9.59 Å². The fourth-order valence-corrected chi connectivity index (χ4v) is 3.86. The summed E-state index contributed by atoms with van der Waals surface area (Å²) in [7, 11) is 0. The number of hydrogen-bond acceptors (Lipinski definition) is 5. The lowest BCUT2D eigenvalue weighted by Crippen LogP contribution is -2.28. The number of rotatable bonds is 5. The molecule has 2 aliphatic heterocycles. The van der Waals surface area contributed by atoms with Gasteiger partial charge in [0.15, 0.2) is 0 Å². The molecule has 150 valence electrons. The molecule has 0 aliphatic carbocycles. The molecule has 2 heterocycles. The molecule has 8 heteroatoms. The van der Waals surface area contributed by atoms with E-state index in [1.165, 1.54) is 37.1 Å². The van der Waals surface area contributed by atoms with Crippen molar-refractivity contribution in [3.05, 3.63) is 58.6 Å². The van der Waals surface area contributed by atoms with Crippen LogP contribution in [0.15, 0.2) is 48.5 Å². The highest BCUT2D eigenvalue weighted by atomic mass is 16.6. The lowest BCUT2D eigenvalue weighted by atomic mass is 10.1. The fraction of sp³-hybridized carbons (Fsp3) is 0.333. The van der Waals surface area contributed by atoms with Crippen LogP contribution in [0.5, 0.6) is 0 Å². The summed E-state index contributed by atoms with van der Waals surface area (Å²) in [5, 5.41) is 13.5. The van der Waals surface area contributed by atoms with Crippen molar-refractivity contribution in [1.82, 2.24) is 0 Å². The van der Waals surface area contributed by atoms with Crippen LogP contribution in [0.2, 0.25) is 0 Å². The number of amides is 2. The second-order valence-electron chi connectivity index (χ2n) is 7.41. The summed E-state index contributed by atoms with van der Waals surface area (Å²) >= 11 is 0. The Hall–Kier alpha value is -3.42. The Balaban J connectivity index is 1.39. The van der Waals surface area contributed by atoms with Gasteiger partial charge in [-0.05, 0) is 49.2 Å². The predicted molar refractivity (Wildman–Crippen MR) is 110 cm³/mol. The molecule has 0 saturated carbocycles. The molecule has 29 heavy (non-hydrogen) atoms. The van der Waals surface area contributed by atoms with E-state index in [9.17, 15) is 19.7 Å². The van der Waals surface area contributed by atoms with Crippen LogP contribution in [0, 0.1) is 16.0 Å². The lowest BCUT2D eigenvalue weighted by molar-refractivity contribution is -0.384. The van der Waals surface area contributed by atoms with Crippen molar-refractivity contribution in [3.63, 3.8) is 0 Å². The number of carbonyl (C=O) groups excluding carboxylic acids is 2. The Labute approximate surface area is 168 Å². The summed E-state index contributed by atoms with van der Waals surface area (Å²) in [5.41, 5.74) is 2.39. The van der Waals surface area contributed by atoms with Gasteiger partial charge in [0, 0.05) is 55.2 Å². The van der Waals surface area contributed by atoms with E-state index >= 15 is 0 Å². The highest BCUT2D eigenvalue weighted by Gasteiger charge is 2.35. The standard InChI is InChI=1S/C21H22N4O4/c26-20-13-15(21(27)22-16-3-5-19(6-4-16)25(28)29)14-24(20)18-9-7-17(8-10-18)23-11-1-2-12-23/h3-10,15H,1-2,11-14H2,(H,22,27). The lowest BCUT2D eigenvalue weighted by Gasteiger charge is -2.20. The third-order valence-electron chi connectivity index (χ3n) is 5.47. The highest BCUT2D eigenvalue weighted by molar-refractivity contribution is 6.03. The molecule has 4 rings (SSSR count). The highest BCUT2D eigenvalue weighted by Crippen LogP contribution is 2.29. The smallest absolute Gasteiger partial charge is 0.269 e. The number of nitrogens with zero attached hydrogens (tertiary/aromatic N) is 3. The molecule has 2 fully saturated rings. The topological polar surface area (TPSA) is 95.8 Å². The molecule has 2 saturated heterocycles. The molecule has 0 radical (unpaired) electrons. The van der Waals surface area contributed by atoms with Gasteiger partial charge in [-0.15, -0.1) is 0 Å². The molecule has 0 aromatic heterocycles. The van der Waals surface area contributed by atoms with Crippen molar-refractivity contribution in [2.75, 3.05) is 34.8 Å². The van der Waals surface area contributed by atoms with Gasteiger partial charge in [0.25, 0.3) is 5.69 Å². The summed E-state index contributed by atoms with van der Waals surface area (Å²) in [5.74, 6) is -0.804. The molecule has 2 aromatic rings. The van der Waals surface area contributed by atoms with E-state index in [1.54, 1.807) is 4.90 Å². The van der Waals surface area contributed by atoms with Gasteiger partial charge in [-0.3, -0.25) is 19.7 Å². The zero-order chi connectivity index (χ0) is 20.4. The first-order valence-electron chi connectivity index (χ1n) is 9.72. The average molecular weight is 394 g/mol. The van der Waals surface area contributed by atoms with Crippen LogP contribution in [-0.4, -0.2) is 36.4 Å². The Kier molecular flexibility index (Phi) is 5.16. The number of nitrogens with one attached hydrogen (secondary N) is 1. The van der Waals surface area contributed by atoms with E-state index in [0.717, 1.165) is 24.5 Å². The number of nitro groups is 1. The van der Waals surface area contributed by atoms with E-state index in [2.05, 4.69) is 10.2 Å². The maximum Gasteiger partial charge on any atom is 0.269 e. The zero-order valence-corrected chi connectivity index (χ0v) is 15.9. The van der Waals surface area contributed by atoms with Crippen molar-refractivity contribution in [2.24, 2.45) is 5.92 Å². The third kappa shape index (κ3) is 4.06. The Morgan fingerprint density at radius 2 is 1.62 bits per heavy atom. The second-order valence-corrected chi connectivity index (χ2v) is 7.41. The number of non-ortho nitro benzene ring substituents is 1. The quantitative estimate of drug-likeness (QED) is 0.621. The van der Waals surface area contributed by atoms with Crippen LogP contribution < -0.4 is 15.1 Å². The fourth-order valence-electron chi connectivity index (χ4n) is 3.86. The minimum atomic E-state index is -0.492. The minimum Gasteiger partial charge on any atom is -0.372 e. The molecule has 1 N–H and O–H groups in total. The van der Waals surface area contributed by atoms with Gasteiger partial charge in [0.1, 0.15) is 0 Å². The summed E-state index contributed by atoms with van der Waals surface area (Å²) in [4.78, 5) is 39.2. The van der Waals surface area contributed by atoms with Crippen LogP contribution in [0.1, 0.15) is 19.3 Å². The molecule has 0 spiro atoms. The molecule has 1 unspecified atom stereocenters. The van der Waals surface area contributed by atoms with Gasteiger partial charge in [-0.25, -0.2) is 0 Å². The van der Waals surface area contributed by atoms with Crippen LogP contribution >= 0.6 is 0 Å². The van der Waals surface area contributed by atoms with Crippen molar-refractivity contribution in [1.29, 1.82) is 0 Å². The monoisotopic (exact) mass is 394 g/mol. The van der Waals surface area contributed by atoms with Gasteiger partial charge < -0.3 is 15.1 Å². The van der Waals surface area contributed by atoms with Gasteiger partial charge in [-0.2, -0.15) is 0 Å². The van der Waals surface area contributed by atoms with Crippen molar-refractivity contribution in [3.8, 4) is 0 Å². The summed E-state index contributed by atoms with van der Waals surface area (Å²) in [6.07, 6.45) is 2.56. The van der Waals surface area contributed by atoms with E-state index in [4.69, 9.17) is 0 Å². The molecular formula is C21H22N4O4. The summed E-state index contributed by atoms with van der Waals surface area (Å²) in [6.45, 7) is 2.44. The number of nitro benzene ring substituents is 1. The average Bonchev–Trinajstić information content (AvgIpc) is 3.38. The van der Waals surface area contributed by atoms with Crippen molar-refractivity contribution in [2.45, 2.75) is 19.3 Å². The molecular weight excluding hydrogens is 372 g/mol. The van der Waals surface area contributed by atoms with Crippen LogP contribution in [0.25, 0.3) is 0 Å². The van der Waals surface area contributed by atoms with Crippen LogP contribution in [0.3, 0.4) is 0 Å². The Morgan fingerprint density at radius 3 is 2.24 bits per heavy atom. The summed E-state index contributed by atoms with van der Waals surface area (Å²) < 4.78 is 0. The minimum absolute atomic E-state index is 0.0393. The second kappa shape index (κ2) is 7.90. The molecule has 2 aromatic carbocycles. The van der Waals surface area contributed by atoms with Gasteiger partial charge in [0.05, 0.1) is 10.8 Å². The Bertz CT molecular complexity index is 921. The zero-order valence-electron chi connectivity index (χ0n) is 15.9. The van der Waals surface area contributed by atoms with E-state index in [-0.39, 0.29) is 23.9 Å². The first-order valence-corrected chi connectivity index (χ1v) is 9.72. The van der Waals surface area contributed by atoms with Gasteiger partial charge >= 0.3 is 0 Å². The predicted octanol–water partition coefficient (Wildman–Crippen LogP) is 3.19. The van der Waals surface area contributed by atoms with E-state index < -0.39 is 10.8 Å². The molecule has 0 bridgehead atoms. The molecule has 1 atom stereocenters. The third-order valence-corrected chi connectivity index (χ3v) is 5.47. The number of benzene rings is 2. The molecule has 8 nitrogen and oxygen atoms in total. The first kappa shape index (κ1) is 18.9. The number of anilines is 3. The van der Waals surface area contributed by atoms with Gasteiger partial charge in [-0.1, -0.05) is 0 Å². The SMILES string of the molecule is O=C(Nc1ccc([N+](=O)[O-])cc1)C1CC(=O)N(c2ccc(N3CCCC3)cc2)C1. The van der Waals surface area contributed by atoms with Gasteiger partial charge in [0.2, 0.25) is 11.8 Å². The molecule has 2 aliphatic rings. The normalized spacial score (nSPS) is 18.9. The van der Waals surface area contributed by atoms with Crippen molar-refractivity contribution < 1.29 is 14.5 Å².